The van der Waals surface area contributed by atoms with E-state index in [0.29, 0.717) is 9.23 Å². The van der Waals surface area contributed by atoms with Gasteiger partial charge in [-0.05, 0) is 47.5 Å². The van der Waals surface area contributed by atoms with Gasteiger partial charge in [0.1, 0.15) is 0 Å². The first-order valence-corrected chi connectivity index (χ1v) is 8.19. The molecule has 0 bridgehead atoms. The summed E-state index contributed by atoms with van der Waals surface area (Å²) in [6.07, 6.45) is 1.89. The van der Waals surface area contributed by atoms with E-state index in [1.54, 1.807) is 16.2 Å². The molecule has 1 saturated heterocycles. The number of thioether (sulfide) groups is 1. The number of anilines is 1. The number of hydrogen-bond acceptors (Lipinski definition) is 4. The van der Waals surface area contributed by atoms with Crippen LogP contribution in [0.2, 0.25) is 0 Å². The Bertz CT molecular complexity index is 686. The van der Waals surface area contributed by atoms with Crippen molar-refractivity contribution in [3.8, 4) is 0 Å². The smallest absolute Gasteiger partial charge is 0.268 e. The van der Waals surface area contributed by atoms with Crippen LogP contribution in [0.4, 0.5) is 5.69 Å². The van der Waals surface area contributed by atoms with E-state index < -0.39 is 0 Å². The molecule has 20 heavy (non-hydrogen) atoms. The van der Waals surface area contributed by atoms with Crippen molar-refractivity contribution in [3.63, 3.8) is 0 Å². The van der Waals surface area contributed by atoms with Crippen LogP contribution in [0.3, 0.4) is 0 Å². The van der Waals surface area contributed by atoms with Crippen molar-refractivity contribution in [1.82, 2.24) is 0 Å². The minimum absolute atomic E-state index is 0.0462. The molecule has 3 rings (SSSR count). The van der Waals surface area contributed by atoms with Crippen LogP contribution in [0.15, 0.2) is 46.0 Å². The molecule has 1 amide bonds. The van der Waals surface area contributed by atoms with Crippen molar-refractivity contribution in [2.75, 3.05) is 4.90 Å². The zero-order valence-corrected chi connectivity index (χ0v) is 13.1. The Hall–Kier alpha value is -1.43. The second kappa shape index (κ2) is 5.52. The average molecular weight is 317 g/mol. The van der Waals surface area contributed by atoms with Crippen LogP contribution in [-0.2, 0) is 4.79 Å². The lowest BCUT2D eigenvalue weighted by Crippen LogP contribution is -2.27. The van der Waals surface area contributed by atoms with E-state index in [9.17, 15) is 4.79 Å². The van der Waals surface area contributed by atoms with Gasteiger partial charge >= 0.3 is 0 Å². The van der Waals surface area contributed by atoms with E-state index in [2.05, 4.69) is 0 Å². The number of benzene rings is 1. The first-order chi connectivity index (χ1) is 9.65. The Balaban J connectivity index is 1.93. The van der Waals surface area contributed by atoms with Crippen molar-refractivity contribution in [1.29, 1.82) is 0 Å². The summed E-state index contributed by atoms with van der Waals surface area (Å²) in [5.41, 5.74) is 3.03. The zero-order chi connectivity index (χ0) is 14.1. The third-order valence-electron chi connectivity index (χ3n) is 2.93. The predicted molar refractivity (Wildman–Crippen MR) is 91.2 cm³/mol. The van der Waals surface area contributed by atoms with Crippen molar-refractivity contribution in [2.24, 2.45) is 0 Å². The topological polar surface area (TPSA) is 20.3 Å². The van der Waals surface area contributed by atoms with Gasteiger partial charge in [0.05, 0.1) is 10.6 Å². The average Bonchev–Trinajstić information content (AvgIpc) is 3.02. The van der Waals surface area contributed by atoms with E-state index >= 15 is 0 Å². The van der Waals surface area contributed by atoms with E-state index in [1.807, 2.05) is 54.1 Å². The summed E-state index contributed by atoms with van der Waals surface area (Å²) in [5.74, 6) is -0.0462. The van der Waals surface area contributed by atoms with Gasteiger partial charge in [0.15, 0.2) is 4.32 Å². The molecule has 2 heterocycles. The number of hydrogen-bond donors (Lipinski definition) is 0. The first kappa shape index (κ1) is 13.5. The monoisotopic (exact) mass is 317 g/mol. The molecule has 2 aromatic rings. The van der Waals surface area contributed by atoms with Gasteiger partial charge in [-0.25, -0.2) is 0 Å². The van der Waals surface area contributed by atoms with Crippen LogP contribution in [-0.4, -0.2) is 10.2 Å². The number of carbonyl (C=O) groups excluding carboxylic acids is 1. The Morgan fingerprint density at radius 1 is 1.20 bits per heavy atom. The van der Waals surface area contributed by atoms with Crippen LogP contribution in [0.1, 0.15) is 11.1 Å². The highest BCUT2D eigenvalue weighted by atomic mass is 32.2. The molecule has 0 aliphatic carbocycles. The lowest BCUT2D eigenvalue weighted by Gasteiger charge is -2.14. The summed E-state index contributed by atoms with van der Waals surface area (Å²) in [6, 6.07) is 9.80. The van der Waals surface area contributed by atoms with Gasteiger partial charge in [-0.2, -0.15) is 11.3 Å². The fourth-order valence-electron chi connectivity index (χ4n) is 1.89. The maximum atomic E-state index is 12.5. The SMILES string of the molecule is Cc1ccc(N2C(=O)/C(=C\c3ccsc3)SC2=S)cc1. The third kappa shape index (κ3) is 2.57. The van der Waals surface area contributed by atoms with Crippen molar-refractivity contribution in [3.05, 3.63) is 57.1 Å². The van der Waals surface area contributed by atoms with Gasteiger partial charge < -0.3 is 0 Å². The maximum Gasteiger partial charge on any atom is 0.270 e. The highest BCUT2D eigenvalue weighted by molar-refractivity contribution is 8.27. The fraction of sp³-hybridized carbons (Fsp3) is 0.0667. The molecule has 0 spiro atoms. The fourth-order valence-corrected chi connectivity index (χ4v) is 3.81. The van der Waals surface area contributed by atoms with E-state index in [-0.39, 0.29) is 5.91 Å². The highest BCUT2D eigenvalue weighted by Crippen LogP contribution is 2.36. The molecule has 0 unspecified atom stereocenters. The second-order valence-electron chi connectivity index (χ2n) is 4.41. The molecule has 1 aliphatic rings. The number of rotatable bonds is 2. The van der Waals surface area contributed by atoms with Gasteiger partial charge in [0, 0.05) is 0 Å². The summed E-state index contributed by atoms with van der Waals surface area (Å²) in [6.45, 7) is 2.02. The third-order valence-corrected chi connectivity index (χ3v) is 4.93. The Kier molecular flexibility index (Phi) is 3.74. The van der Waals surface area contributed by atoms with Crippen molar-refractivity contribution in [2.45, 2.75) is 6.92 Å². The maximum absolute atomic E-state index is 12.5. The summed E-state index contributed by atoms with van der Waals surface area (Å²) in [7, 11) is 0. The van der Waals surface area contributed by atoms with E-state index in [0.717, 1.165) is 16.8 Å². The van der Waals surface area contributed by atoms with Crippen molar-refractivity contribution >= 4 is 57.3 Å². The molecule has 1 aromatic carbocycles. The van der Waals surface area contributed by atoms with Crippen LogP contribution in [0, 0.1) is 6.92 Å². The van der Waals surface area contributed by atoms with Gasteiger partial charge in [-0.3, -0.25) is 9.69 Å². The lowest BCUT2D eigenvalue weighted by molar-refractivity contribution is -0.113. The molecule has 0 atom stereocenters. The molecule has 100 valence electrons. The van der Waals surface area contributed by atoms with E-state index in [4.69, 9.17) is 12.2 Å². The molecule has 1 aliphatic heterocycles. The second-order valence-corrected chi connectivity index (χ2v) is 6.87. The van der Waals surface area contributed by atoms with Crippen LogP contribution < -0.4 is 4.90 Å². The summed E-state index contributed by atoms with van der Waals surface area (Å²) in [4.78, 5) is 14.8. The number of amides is 1. The van der Waals surface area contributed by atoms with Gasteiger partial charge in [0.2, 0.25) is 0 Å². The zero-order valence-electron chi connectivity index (χ0n) is 10.7. The molecule has 0 radical (unpaired) electrons. The number of nitrogens with zero attached hydrogens (tertiary/aromatic N) is 1. The standard InChI is InChI=1S/C15H11NOS3/c1-10-2-4-12(5-3-10)16-14(17)13(20-15(16)18)8-11-6-7-19-9-11/h2-9H,1H3/b13-8+. The van der Waals surface area contributed by atoms with Crippen LogP contribution >= 0.6 is 35.3 Å². The summed E-state index contributed by atoms with van der Waals surface area (Å²) in [5, 5.41) is 4.00. The molecule has 1 fully saturated rings. The van der Waals surface area contributed by atoms with Gasteiger partial charge in [0.25, 0.3) is 5.91 Å². The molecular weight excluding hydrogens is 306 g/mol. The molecular formula is C15H11NOS3. The Morgan fingerprint density at radius 2 is 1.95 bits per heavy atom. The number of thiocarbonyl (C=S) groups is 1. The van der Waals surface area contributed by atoms with Crippen LogP contribution in [0.25, 0.3) is 6.08 Å². The lowest BCUT2D eigenvalue weighted by atomic mass is 10.2. The quantitative estimate of drug-likeness (QED) is 0.602. The normalized spacial score (nSPS) is 17.2. The molecule has 2 nitrogen and oxygen atoms in total. The minimum Gasteiger partial charge on any atom is -0.268 e. The van der Waals surface area contributed by atoms with E-state index in [1.165, 1.54) is 11.8 Å². The van der Waals surface area contributed by atoms with Crippen molar-refractivity contribution < 1.29 is 4.79 Å². The molecule has 0 N–H and O–H groups in total. The van der Waals surface area contributed by atoms with Gasteiger partial charge in [-0.15, -0.1) is 0 Å². The largest absolute Gasteiger partial charge is 0.270 e. The minimum atomic E-state index is -0.0462. The summed E-state index contributed by atoms with van der Waals surface area (Å²) < 4.78 is 0.584. The Morgan fingerprint density at radius 3 is 2.60 bits per heavy atom. The Labute approximate surface area is 131 Å². The predicted octanol–water partition coefficient (Wildman–Crippen LogP) is 4.46. The molecule has 5 heteroatoms. The number of aryl methyl sites for hydroxylation is 1. The number of carbonyl (C=O) groups is 1. The highest BCUT2D eigenvalue weighted by Gasteiger charge is 2.33. The first-order valence-electron chi connectivity index (χ1n) is 6.02. The molecule has 0 saturated carbocycles. The van der Waals surface area contributed by atoms with Gasteiger partial charge in [-0.1, -0.05) is 41.7 Å². The van der Waals surface area contributed by atoms with Crippen LogP contribution in [0.5, 0.6) is 0 Å². The summed E-state index contributed by atoms with van der Waals surface area (Å²) >= 11 is 8.30. The number of thiophene rings is 1. The molecule has 1 aromatic heterocycles.